The number of aryl methyl sites for hydroxylation is 1. The number of carboxylic acid groups (broad SMARTS) is 1. The quantitative estimate of drug-likeness (QED) is 0.00979. The first kappa shape index (κ1) is 64.7. The number of carbonyl (C=O) groups excluding carboxylic acids is 5. The van der Waals surface area contributed by atoms with Gasteiger partial charge in [-0.2, -0.15) is 0 Å². The van der Waals surface area contributed by atoms with Crippen LogP contribution >= 0.6 is 0 Å². The van der Waals surface area contributed by atoms with Crippen molar-refractivity contribution in [2.45, 2.75) is 103 Å². The molecule has 4 atom stereocenters. The van der Waals surface area contributed by atoms with Crippen molar-refractivity contribution in [1.82, 2.24) is 25.5 Å². The Bertz CT molecular complexity index is 3180. The van der Waals surface area contributed by atoms with Crippen LogP contribution in [0.25, 0.3) is 32.7 Å². The lowest BCUT2D eigenvalue weighted by Gasteiger charge is -2.36. The summed E-state index contributed by atoms with van der Waals surface area (Å²) in [5.41, 5.74) is 14.4. The van der Waals surface area contributed by atoms with Gasteiger partial charge in [-0.15, -0.1) is 0 Å². The molecule has 0 bridgehead atoms. The highest BCUT2D eigenvalue weighted by atomic mass is 19.1. The van der Waals surface area contributed by atoms with Crippen LogP contribution < -0.4 is 37.5 Å². The second-order valence-corrected chi connectivity index (χ2v) is 20.7. The van der Waals surface area contributed by atoms with Crippen LogP contribution in [0.5, 0.6) is 0 Å². The SMILES string of the molecule is CC[C@@]1(O)C(=O)OCc2c1cc1n(c2=O)Cc2c-1nc1cc(F)c(C)c3c1c2[C@@H](N(C(=O)O)c1ccc(NC(=O)C(CCCNC(N)=O)NC(=O)C(NC(=O)CCOCCOCCOCCOCCOCCOCCN=[N+]=[N-])C(C)C)cc1)CC3. The van der Waals surface area contributed by atoms with Crippen molar-refractivity contribution >= 4 is 58.1 Å². The fraction of sp³-hybridized carbons (Fsp3) is 0.544. The monoisotopic (exact) mass is 1190 g/mol. The molecule has 0 radical (unpaired) electrons. The molecule has 460 valence electrons. The van der Waals surface area contributed by atoms with Crippen LogP contribution in [-0.4, -0.2) is 160 Å². The van der Waals surface area contributed by atoms with Crippen molar-refractivity contribution in [1.29, 1.82) is 0 Å². The summed E-state index contributed by atoms with van der Waals surface area (Å²) in [6, 6.07) is 4.92. The van der Waals surface area contributed by atoms with Crippen molar-refractivity contribution < 1.29 is 76.5 Å². The lowest BCUT2D eigenvalue weighted by molar-refractivity contribution is -0.172. The van der Waals surface area contributed by atoms with Crippen molar-refractivity contribution in [2.24, 2.45) is 16.8 Å². The highest BCUT2D eigenvalue weighted by molar-refractivity contribution is 6.00. The molecular formula is C57H74FN11O16. The number of anilines is 2. The number of hydrogen-bond donors (Lipinski definition) is 7. The van der Waals surface area contributed by atoms with Crippen LogP contribution in [0.4, 0.5) is 25.4 Å². The van der Waals surface area contributed by atoms with E-state index in [2.05, 4.69) is 31.3 Å². The molecule has 1 aliphatic carbocycles. The fourth-order valence-electron chi connectivity index (χ4n) is 10.5. The first-order chi connectivity index (χ1) is 40.9. The smallest absolute Gasteiger partial charge is 0.412 e. The summed E-state index contributed by atoms with van der Waals surface area (Å²) in [6.07, 6.45) is -0.733. The maximum absolute atomic E-state index is 15.7. The summed E-state index contributed by atoms with van der Waals surface area (Å²) in [5, 5.41) is 37.2. The number of amides is 6. The number of carbonyl (C=O) groups is 6. The predicted molar refractivity (Wildman–Crippen MR) is 305 cm³/mol. The maximum Gasteiger partial charge on any atom is 0.412 e. The number of nitrogens with one attached hydrogen (secondary N) is 4. The summed E-state index contributed by atoms with van der Waals surface area (Å²) in [6.45, 7) is 10.5. The topological polar surface area (TPSA) is 369 Å². The molecule has 2 aromatic carbocycles. The molecule has 6 amide bonds. The summed E-state index contributed by atoms with van der Waals surface area (Å²) in [4.78, 5) is 102. The molecule has 85 heavy (non-hydrogen) atoms. The average Bonchev–Trinajstić information content (AvgIpc) is 1.86. The Hall–Kier alpha value is -7.82. The maximum atomic E-state index is 15.7. The largest absolute Gasteiger partial charge is 0.465 e. The molecule has 0 spiro atoms. The molecule has 0 saturated carbocycles. The van der Waals surface area contributed by atoms with Crippen LogP contribution in [0, 0.1) is 18.7 Å². The number of urea groups is 1. The van der Waals surface area contributed by atoms with Gasteiger partial charge in [-0.05, 0) is 97.5 Å². The van der Waals surface area contributed by atoms with E-state index in [0.29, 0.717) is 87.1 Å². The van der Waals surface area contributed by atoms with Gasteiger partial charge in [0.15, 0.2) is 5.60 Å². The normalized spacial score (nSPS) is 16.3. The molecule has 3 aliphatic rings. The van der Waals surface area contributed by atoms with Crippen molar-refractivity contribution in [3.63, 3.8) is 0 Å². The van der Waals surface area contributed by atoms with Crippen molar-refractivity contribution in [3.05, 3.63) is 96.4 Å². The van der Waals surface area contributed by atoms with E-state index in [1.165, 1.54) is 45.9 Å². The molecule has 2 aliphatic heterocycles. The number of aliphatic hydroxyl groups is 1. The van der Waals surface area contributed by atoms with Gasteiger partial charge in [0.25, 0.3) is 5.56 Å². The number of azide groups is 1. The zero-order valence-electron chi connectivity index (χ0n) is 48.1. The summed E-state index contributed by atoms with van der Waals surface area (Å²) in [7, 11) is 0. The van der Waals surface area contributed by atoms with Crippen molar-refractivity contribution in [2.75, 3.05) is 103 Å². The van der Waals surface area contributed by atoms with Crippen LogP contribution in [0.2, 0.25) is 0 Å². The third-order valence-electron chi connectivity index (χ3n) is 14.9. The lowest BCUT2D eigenvalue weighted by atomic mass is 9.81. The van der Waals surface area contributed by atoms with Gasteiger partial charge in [0, 0.05) is 58.4 Å². The number of ether oxygens (including phenoxy) is 7. The molecule has 8 N–H and O–H groups in total. The van der Waals surface area contributed by atoms with Gasteiger partial charge >= 0.3 is 18.1 Å². The Kier molecular flexibility index (Phi) is 23.5. The molecule has 0 fully saturated rings. The van der Waals surface area contributed by atoms with Crippen molar-refractivity contribution in [3.8, 4) is 11.4 Å². The summed E-state index contributed by atoms with van der Waals surface area (Å²) < 4.78 is 55.0. The Labute approximate surface area is 488 Å². The molecule has 2 unspecified atom stereocenters. The molecular weight excluding hydrogens is 1110 g/mol. The number of fused-ring (bicyclic) bond motifs is 5. The zero-order valence-corrected chi connectivity index (χ0v) is 48.1. The minimum Gasteiger partial charge on any atom is -0.465 e. The second-order valence-electron chi connectivity index (χ2n) is 20.7. The average molecular weight is 1190 g/mol. The van der Waals surface area contributed by atoms with Gasteiger partial charge in [0.2, 0.25) is 17.7 Å². The van der Waals surface area contributed by atoms with E-state index >= 15 is 4.39 Å². The third-order valence-corrected chi connectivity index (χ3v) is 14.9. The molecule has 28 heteroatoms. The minimum absolute atomic E-state index is 0.0375. The van der Waals surface area contributed by atoms with E-state index in [-0.39, 0.29) is 124 Å². The molecule has 4 heterocycles. The Morgan fingerprint density at radius 1 is 0.906 bits per heavy atom. The van der Waals surface area contributed by atoms with E-state index in [0.717, 1.165) is 0 Å². The second kappa shape index (κ2) is 30.8. The zero-order chi connectivity index (χ0) is 61.2. The molecule has 7 rings (SSSR count). The Morgan fingerprint density at radius 2 is 1.53 bits per heavy atom. The number of rotatable bonds is 34. The van der Waals surface area contributed by atoms with Crippen LogP contribution in [0.3, 0.4) is 0 Å². The number of nitrogens with zero attached hydrogens (tertiary/aromatic N) is 6. The molecule has 2 aromatic heterocycles. The number of halogens is 1. The number of nitrogens with two attached hydrogens (primary N) is 1. The highest BCUT2D eigenvalue weighted by Gasteiger charge is 2.46. The molecule has 27 nitrogen and oxygen atoms in total. The van der Waals surface area contributed by atoms with E-state index in [1.54, 1.807) is 27.7 Å². The number of aromatic nitrogens is 2. The predicted octanol–water partition coefficient (Wildman–Crippen LogP) is 4.51. The van der Waals surface area contributed by atoms with Gasteiger partial charge in [-0.25, -0.2) is 23.8 Å². The van der Waals surface area contributed by atoms with Gasteiger partial charge in [0.1, 0.15) is 24.5 Å². The number of primary amides is 1. The summed E-state index contributed by atoms with van der Waals surface area (Å²) >= 11 is 0. The summed E-state index contributed by atoms with van der Waals surface area (Å²) in [5.74, 6) is -3.58. The van der Waals surface area contributed by atoms with E-state index in [1.807, 2.05) is 0 Å². The van der Waals surface area contributed by atoms with E-state index < -0.39 is 76.8 Å². The van der Waals surface area contributed by atoms with E-state index in [9.17, 15) is 43.8 Å². The van der Waals surface area contributed by atoms with Gasteiger partial charge < -0.3 is 74.9 Å². The molecule has 0 saturated heterocycles. The highest BCUT2D eigenvalue weighted by Crippen LogP contribution is 2.48. The number of esters is 1. The number of benzene rings is 2. The number of cyclic esters (lactones) is 1. The van der Waals surface area contributed by atoms with Crippen LogP contribution in [-0.2, 0) is 77.5 Å². The van der Waals surface area contributed by atoms with Crippen LogP contribution in [0.15, 0.2) is 46.3 Å². The fourth-order valence-corrected chi connectivity index (χ4v) is 10.5. The van der Waals surface area contributed by atoms with Gasteiger partial charge in [-0.1, -0.05) is 25.9 Å². The Balaban J connectivity index is 0.941. The standard InChI is InChI=1S/C57H74FN11O16/c1-5-57(78)40-29-45-50-38(31-68(45)53(73)39(40)32-85-54(57)74)48-44(13-12-37-34(4)41(58)30-43(64-50)47(37)48)69(56(76)77)36-10-8-35(9-11-36)63-51(71)42(7-6-15-61-55(59)75)65-52(72)49(33(2)3)66-46(70)14-17-79-19-21-81-23-25-83-27-28-84-26-24-82-22-20-80-18-16-62-67-60/h8-11,29-30,33,42,44,49,78H,5-7,12-28,31-32H2,1-4H3,(H,63,71)(H,65,72)(H,66,70)(H,76,77)(H3,59,61,75)/t42?,44-,49?,57-/m0/s1. The minimum atomic E-state index is -2.10. The molecule has 4 aromatic rings. The van der Waals surface area contributed by atoms with E-state index in [4.69, 9.17) is 49.4 Å². The number of hydrogen-bond acceptors (Lipinski definition) is 17. The first-order valence-electron chi connectivity index (χ1n) is 28.2. The Morgan fingerprint density at radius 3 is 2.12 bits per heavy atom. The van der Waals surface area contributed by atoms with Gasteiger partial charge in [-0.3, -0.25) is 24.1 Å². The van der Waals surface area contributed by atoms with Gasteiger partial charge in [0.05, 0.1) is 114 Å². The van der Waals surface area contributed by atoms with Crippen LogP contribution in [0.1, 0.15) is 92.3 Å². The lowest BCUT2D eigenvalue weighted by Crippen LogP contribution is -2.54. The number of pyridine rings is 2. The first-order valence-corrected chi connectivity index (χ1v) is 28.2. The third kappa shape index (κ3) is 16.1.